The highest BCUT2D eigenvalue weighted by Crippen LogP contribution is 2.26. The van der Waals surface area contributed by atoms with Crippen molar-refractivity contribution in [3.05, 3.63) is 70.5 Å². The summed E-state index contributed by atoms with van der Waals surface area (Å²) < 4.78 is 2.39. The molecule has 1 aromatic heterocycles. The third kappa shape index (κ3) is 4.08. The SMILES string of the molecule is O=C(c1cc(Br)ccc1-n1cnnn1)N1CCC(Cc2ccccc2)CC1. The fourth-order valence-corrected chi connectivity index (χ4v) is 3.97. The van der Waals surface area contributed by atoms with Gasteiger partial charge in [-0.05, 0) is 59.4 Å². The van der Waals surface area contributed by atoms with Crippen LogP contribution >= 0.6 is 15.9 Å². The molecule has 1 amide bonds. The molecule has 3 aromatic rings. The van der Waals surface area contributed by atoms with Crippen LogP contribution in [0.5, 0.6) is 0 Å². The molecule has 138 valence electrons. The number of likely N-dealkylation sites (tertiary alicyclic amines) is 1. The van der Waals surface area contributed by atoms with Crippen LogP contribution < -0.4 is 0 Å². The topological polar surface area (TPSA) is 63.9 Å². The van der Waals surface area contributed by atoms with Crippen LogP contribution in [0.1, 0.15) is 28.8 Å². The molecule has 0 saturated carbocycles. The lowest BCUT2D eigenvalue weighted by Gasteiger charge is -2.32. The maximum absolute atomic E-state index is 13.2. The smallest absolute Gasteiger partial charge is 0.256 e. The maximum atomic E-state index is 13.2. The lowest BCUT2D eigenvalue weighted by atomic mass is 9.90. The number of aromatic nitrogens is 4. The van der Waals surface area contributed by atoms with Gasteiger partial charge in [0.25, 0.3) is 5.91 Å². The molecule has 27 heavy (non-hydrogen) atoms. The minimum absolute atomic E-state index is 0.0277. The molecule has 1 saturated heterocycles. The van der Waals surface area contributed by atoms with Gasteiger partial charge in [-0.1, -0.05) is 46.3 Å². The van der Waals surface area contributed by atoms with E-state index in [4.69, 9.17) is 0 Å². The second-order valence-electron chi connectivity index (χ2n) is 6.84. The number of carbonyl (C=O) groups excluding carboxylic acids is 1. The van der Waals surface area contributed by atoms with E-state index in [0.717, 1.165) is 36.8 Å². The molecule has 7 heteroatoms. The average molecular weight is 426 g/mol. The summed E-state index contributed by atoms with van der Waals surface area (Å²) in [7, 11) is 0. The largest absolute Gasteiger partial charge is 0.339 e. The predicted octanol–water partition coefficient (Wildman–Crippen LogP) is 3.52. The van der Waals surface area contributed by atoms with E-state index in [0.29, 0.717) is 17.2 Å². The summed E-state index contributed by atoms with van der Waals surface area (Å²) in [5.41, 5.74) is 2.67. The van der Waals surface area contributed by atoms with E-state index < -0.39 is 0 Å². The Labute approximate surface area is 166 Å². The number of tetrazole rings is 1. The number of hydrogen-bond acceptors (Lipinski definition) is 4. The lowest BCUT2D eigenvalue weighted by Crippen LogP contribution is -2.39. The highest BCUT2D eigenvalue weighted by atomic mass is 79.9. The van der Waals surface area contributed by atoms with Crippen molar-refractivity contribution in [2.24, 2.45) is 5.92 Å². The molecule has 4 rings (SSSR count). The number of nitrogens with zero attached hydrogens (tertiary/aromatic N) is 5. The van der Waals surface area contributed by atoms with E-state index in [1.165, 1.54) is 16.6 Å². The van der Waals surface area contributed by atoms with Crippen LogP contribution in [0.3, 0.4) is 0 Å². The Morgan fingerprint density at radius 2 is 1.89 bits per heavy atom. The Hall–Kier alpha value is -2.54. The summed E-state index contributed by atoms with van der Waals surface area (Å²) in [6.07, 6.45) is 4.63. The Bertz CT molecular complexity index is 905. The van der Waals surface area contributed by atoms with Crippen molar-refractivity contribution in [3.63, 3.8) is 0 Å². The molecular weight excluding hydrogens is 406 g/mol. The zero-order valence-corrected chi connectivity index (χ0v) is 16.4. The molecule has 1 aliphatic rings. The average Bonchev–Trinajstić information content (AvgIpc) is 3.23. The minimum Gasteiger partial charge on any atom is -0.339 e. The van der Waals surface area contributed by atoms with Crippen LogP contribution in [-0.4, -0.2) is 44.1 Å². The summed E-state index contributed by atoms with van der Waals surface area (Å²) in [6, 6.07) is 16.2. The standard InChI is InChI=1S/C20H20BrN5O/c21-17-6-7-19(26-14-22-23-24-26)18(13-17)20(27)25-10-8-16(9-11-25)12-15-4-2-1-3-5-15/h1-7,13-14,16H,8-12H2. The van der Waals surface area contributed by atoms with E-state index in [-0.39, 0.29) is 5.91 Å². The zero-order chi connectivity index (χ0) is 18.6. The summed E-state index contributed by atoms with van der Waals surface area (Å²) in [4.78, 5) is 15.1. The molecule has 2 aromatic carbocycles. The third-order valence-corrected chi connectivity index (χ3v) is 5.55. The highest BCUT2D eigenvalue weighted by Gasteiger charge is 2.26. The van der Waals surface area contributed by atoms with E-state index >= 15 is 0 Å². The van der Waals surface area contributed by atoms with Crippen LogP contribution in [-0.2, 0) is 6.42 Å². The van der Waals surface area contributed by atoms with Crippen LogP contribution in [0.25, 0.3) is 5.69 Å². The molecule has 0 aliphatic carbocycles. The first kappa shape index (κ1) is 17.9. The Balaban J connectivity index is 1.46. The number of hydrogen-bond donors (Lipinski definition) is 0. The Morgan fingerprint density at radius 1 is 1.11 bits per heavy atom. The van der Waals surface area contributed by atoms with Crippen molar-refractivity contribution in [1.29, 1.82) is 0 Å². The normalized spacial score (nSPS) is 15.1. The molecular formula is C20H20BrN5O. The van der Waals surface area contributed by atoms with Gasteiger partial charge in [-0.25, -0.2) is 0 Å². The van der Waals surface area contributed by atoms with Gasteiger partial charge in [-0.3, -0.25) is 4.79 Å². The van der Waals surface area contributed by atoms with Gasteiger partial charge >= 0.3 is 0 Å². The van der Waals surface area contributed by atoms with Gasteiger partial charge in [0.05, 0.1) is 11.3 Å². The van der Waals surface area contributed by atoms with Gasteiger partial charge in [-0.15, -0.1) is 5.10 Å². The van der Waals surface area contributed by atoms with Gasteiger partial charge in [0.1, 0.15) is 6.33 Å². The molecule has 0 N–H and O–H groups in total. The summed E-state index contributed by atoms with van der Waals surface area (Å²) in [6.45, 7) is 1.55. The molecule has 6 nitrogen and oxygen atoms in total. The van der Waals surface area contributed by atoms with E-state index in [9.17, 15) is 4.79 Å². The first-order valence-electron chi connectivity index (χ1n) is 9.07. The molecule has 0 atom stereocenters. The van der Waals surface area contributed by atoms with Crippen LogP contribution in [0.15, 0.2) is 59.3 Å². The first-order valence-corrected chi connectivity index (χ1v) is 9.86. The minimum atomic E-state index is 0.0277. The van der Waals surface area contributed by atoms with Gasteiger partial charge in [0.2, 0.25) is 0 Å². The maximum Gasteiger partial charge on any atom is 0.256 e. The molecule has 0 spiro atoms. The van der Waals surface area contributed by atoms with Gasteiger partial charge in [-0.2, -0.15) is 4.68 Å². The van der Waals surface area contributed by atoms with Crippen LogP contribution in [0, 0.1) is 5.92 Å². The second kappa shape index (κ2) is 8.00. The van der Waals surface area contributed by atoms with Crippen molar-refractivity contribution in [1.82, 2.24) is 25.1 Å². The van der Waals surface area contributed by atoms with Crippen LogP contribution in [0.2, 0.25) is 0 Å². The number of carbonyl (C=O) groups is 1. The fourth-order valence-electron chi connectivity index (χ4n) is 3.61. The molecule has 2 heterocycles. The molecule has 0 unspecified atom stereocenters. The number of benzene rings is 2. The van der Waals surface area contributed by atoms with E-state index in [1.807, 2.05) is 29.2 Å². The highest BCUT2D eigenvalue weighted by molar-refractivity contribution is 9.10. The van der Waals surface area contributed by atoms with Crippen molar-refractivity contribution in [2.75, 3.05) is 13.1 Å². The molecule has 1 aliphatic heterocycles. The van der Waals surface area contributed by atoms with Crippen molar-refractivity contribution in [2.45, 2.75) is 19.3 Å². The van der Waals surface area contributed by atoms with E-state index in [2.05, 4.69) is 55.7 Å². The fraction of sp³-hybridized carbons (Fsp3) is 0.300. The summed E-state index contributed by atoms with van der Waals surface area (Å²) >= 11 is 3.47. The van der Waals surface area contributed by atoms with Crippen LogP contribution in [0.4, 0.5) is 0 Å². The Kier molecular flexibility index (Phi) is 5.29. The number of piperidine rings is 1. The van der Waals surface area contributed by atoms with E-state index in [1.54, 1.807) is 0 Å². The molecule has 0 radical (unpaired) electrons. The number of halogens is 1. The van der Waals surface area contributed by atoms with Gasteiger partial charge in [0.15, 0.2) is 0 Å². The number of rotatable bonds is 4. The lowest BCUT2D eigenvalue weighted by molar-refractivity contribution is 0.0690. The molecule has 1 fully saturated rings. The zero-order valence-electron chi connectivity index (χ0n) is 14.8. The molecule has 0 bridgehead atoms. The monoisotopic (exact) mass is 425 g/mol. The summed E-state index contributed by atoms with van der Waals surface area (Å²) in [5, 5.41) is 11.3. The predicted molar refractivity (Wildman–Crippen MR) is 106 cm³/mol. The van der Waals surface area contributed by atoms with Gasteiger partial charge < -0.3 is 4.90 Å². The third-order valence-electron chi connectivity index (χ3n) is 5.05. The van der Waals surface area contributed by atoms with Crippen molar-refractivity contribution >= 4 is 21.8 Å². The second-order valence-corrected chi connectivity index (χ2v) is 7.76. The first-order chi connectivity index (χ1) is 13.2. The summed E-state index contributed by atoms with van der Waals surface area (Å²) in [5.74, 6) is 0.651. The van der Waals surface area contributed by atoms with Gasteiger partial charge in [0, 0.05) is 17.6 Å². The number of amides is 1. The quantitative estimate of drug-likeness (QED) is 0.641. The van der Waals surface area contributed by atoms with Crippen molar-refractivity contribution in [3.8, 4) is 5.69 Å². The van der Waals surface area contributed by atoms with Crippen molar-refractivity contribution < 1.29 is 4.79 Å². The Morgan fingerprint density at radius 3 is 2.59 bits per heavy atom.